The highest BCUT2D eigenvalue weighted by molar-refractivity contribution is 8.00. The first-order valence-corrected chi connectivity index (χ1v) is 14.4. The van der Waals surface area contributed by atoms with E-state index in [9.17, 15) is 24.3 Å². The average Bonchev–Trinajstić information content (AvgIpc) is 3.61. The van der Waals surface area contributed by atoms with Crippen molar-refractivity contribution in [2.75, 3.05) is 11.5 Å². The van der Waals surface area contributed by atoms with E-state index in [1.807, 2.05) is 12.1 Å². The van der Waals surface area contributed by atoms with E-state index in [1.54, 1.807) is 29.4 Å². The summed E-state index contributed by atoms with van der Waals surface area (Å²) in [7, 11) is 0. The molecule has 218 valence electrons. The molecule has 2 amide bonds. The number of anilines is 1. The summed E-state index contributed by atoms with van der Waals surface area (Å²) in [5.74, 6) is -3.89. The number of carboxylic acid groups (broad SMARTS) is 2. The van der Waals surface area contributed by atoms with E-state index in [4.69, 9.17) is 27.3 Å². The molecular weight excluding hydrogens is 612 g/mol. The number of aromatic nitrogens is 4. The Kier molecular flexibility index (Phi) is 8.15. The zero-order valence-corrected chi connectivity index (χ0v) is 23.9. The highest BCUT2D eigenvalue weighted by atomic mass is 35.5. The number of aliphatic carboxylic acids is 2. The number of thioether (sulfide) groups is 1. The van der Waals surface area contributed by atoms with Crippen molar-refractivity contribution >= 4 is 69.3 Å². The second kappa shape index (κ2) is 11.8. The fourth-order valence-electron chi connectivity index (χ4n) is 4.23. The largest absolute Gasteiger partial charge is 0.478 e. The first-order valence-electron chi connectivity index (χ1n) is 12.1. The molecule has 0 saturated carbocycles. The normalized spacial score (nSPS) is 19.1. The minimum absolute atomic E-state index is 0.00220. The van der Waals surface area contributed by atoms with Gasteiger partial charge in [0.05, 0.1) is 6.20 Å². The van der Waals surface area contributed by atoms with Gasteiger partial charge >= 0.3 is 11.9 Å². The molecule has 6 N–H and O–H groups in total. The number of aromatic amines is 1. The highest BCUT2D eigenvalue weighted by Gasteiger charge is 2.55. The van der Waals surface area contributed by atoms with Crippen LogP contribution in [0.2, 0.25) is 4.34 Å². The molecule has 3 aromatic heterocycles. The number of fused-ring (bicyclic) bond motifs is 1. The Labute approximate surface area is 250 Å². The summed E-state index contributed by atoms with van der Waals surface area (Å²) < 4.78 is 1.80. The van der Waals surface area contributed by atoms with Gasteiger partial charge in [0.15, 0.2) is 29.8 Å². The van der Waals surface area contributed by atoms with Gasteiger partial charge in [0.1, 0.15) is 27.1 Å². The van der Waals surface area contributed by atoms with Gasteiger partial charge in [0.25, 0.3) is 11.8 Å². The van der Waals surface area contributed by atoms with Gasteiger partial charge < -0.3 is 26.1 Å². The molecule has 42 heavy (non-hydrogen) atoms. The van der Waals surface area contributed by atoms with Crippen molar-refractivity contribution in [1.29, 1.82) is 0 Å². The van der Waals surface area contributed by atoms with Gasteiger partial charge in [-0.3, -0.25) is 19.6 Å². The smallest absolute Gasteiger partial charge is 0.352 e. The number of nitrogens with zero attached hydrogens (tertiary/aromatic N) is 5. The van der Waals surface area contributed by atoms with E-state index in [-0.39, 0.29) is 33.2 Å². The van der Waals surface area contributed by atoms with Crippen molar-refractivity contribution < 1.29 is 38.8 Å². The number of carbonyl (C=O) groups excluding carboxylic acids is 2. The number of nitrogens with one attached hydrogen (secondary N) is 2. The zero-order valence-electron chi connectivity index (χ0n) is 21.6. The molecule has 3 aromatic rings. The summed E-state index contributed by atoms with van der Waals surface area (Å²) in [5, 5.41) is 31.3. The van der Waals surface area contributed by atoms with Crippen LogP contribution >= 0.6 is 34.7 Å². The third kappa shape index (κ3) is 5.65. The first-order chi connectivity index (χ1) is 20.0. The number of amides is 2. The number of halogens is 1. The number of nitrogen functional groups attached to an aromatic ring is 1. The molecule has 3 atom stereocenters. The third-order valence-corrected chi connectivity index (χ3v) is 8.75. The number of oxime groups is 1. The maximum absolute atomic E-state index is 13.2. The van der Waals surface area contributed by atoms with Crippen molar-refractivity contribution in [1.82, 2.24) is 25.4 Å². The zero-order chi connectivity index (χ0) is 30.1. The third-order valence-electron chi connectivity index (χ3n) is 6.32. The molecule has 0 aromatic carbocycles. The van der Waals surface area contributed by atoms with Crippen LogP contribution in [0.1, 0.15) is 12.6 Å². The van der Waals surface area contributed by atoms with Gasteiger partial charge in [-0.2, -0.15) is 5.10 Å². The SMILES string of the molecule is C[C@H](ON=C(C(=O)NC1C(=O)N2C(C(=O)O)=C(C[n+]3ccc(-c4cn[nH]c4)cc3)CSC12)c1nc(N)sc1Cl)C(=O)O. The van der Waals surface area contributed by atoms with E-state index < -0.39 is 47.0 Å². The van der Waals surface area contributed by atoms with Crippen molar-refractivity contribution in [3.05, 3.63) is 58.2 Å². The summed E-state index contributed by atoms with van der Waals surface area (Å²) >= 11 is 8.29. The van der Waals surface area contributed by atoms with Crippen LogP contribution in [0, 0.1) is 0 Å². The van der Waals surface area contributed by atoms with Crippen LogP contribution in [0.3, 0.4) is 0 Å². The maximum Gasteiger partial charge on any atom is 0.352 e. The summed E-state index contributed by atoms with van der Waals surface area (Å²) in [6.07, 6.45) is 5.65. The topological polar surface area (TPSA) is 217 Å². The maximum atomic E-state index is 13.2. The number of carbonyl (C=O) groups is 4. The van der Waals surface area contributed by atoms with Gasteiger partial charge in [-0.1, -0.05) is 28.1 Å². The Morgan fingerprint density at radius 2 is 2.07 bits per heavy atom. The first kappa shape index (κ1) is 29.0. The molecule has 2 aliphatic rings. The minimum atomic E-state index is -1.40. The van der Waals surface area contributed by atoms with Gasteiger partial charge in [-0.25, -0.2) is 19.1 Å². The molecule has 0 bridgehead atoms. The predicted molar refractivity (Wildman–Crippen MR) is 150 cm³/mol. The second-order valence-electron chi connectivity index (χ2n) is 9.06. The summed E-state index contributed by atoms with van der Waals surface area (Å²) in [6.45, 7) is 1.43. The molecule has 15 nitrogen and oxygen atoms in total. The molecular formula is C24H22ClN8O7S2+. The lowest BCUT2D eigenvalue weighted by Gasteiger charge is -2.49. The molecule has 1 saturated heterocycles. The van der Waals surface area contributed by atoms with Gasteiger partial charge in [-0.05, 0) is 12.5 Å². The van der Waals surface area contributed by atoms with Crippen LogP contribution in [0.15, 0.2) is 53.3 Å². The Bertz CT molecular complexity index is 1620. The molecule has 5 rings (SSSR count). The predicted octanol–water partition coefficient (Wildman–Crippen LogP) is 0.689. The Morgan fingerprint density at radius 1 is 1.33 bits per heavy atom. The number of hydrogen-bond acceptors (Lipinski definition) is 11. The van der Waals surface area contributed by atoms with Gasteiger partial charge in [-0.15, -0.1) is 11.8 Å². The molecule has 5 heterocycles. The number of pyridine rings is 1. The monoisotopic (exact) mass is 633 g/mol. The number of thiazole rings is 1. The Morgan fingerprint density at radius 3 is 2.67 bits per heavy atom. The van der Waals surface area contributed by atoms with E-state index in [0.717, 1.165) is 27.4 Å². The van der Waals surface area contributed by atoms with E-state index >= 15 is 0 Å². The average molecular weight is 634 g/mol. The van der Waals surface area contributed by atoms with Crippen LogP contribution in [0.25, 0.3) is 11.1 Å². The summed E-state index contributed by atoms with van der Waals surface area (Å²) in [4.78, 5) is 59.9. The molecule has 0 spiro atoms. The molecule has 2 aliphatic heterocycles. The number of rotatable bonds is 10. The van der Waals surface area contributed by atoms with Crippen LogP contribution in [-0.2, 0) is 30.6 Å². The molecule has 2 unspecified atom stereocenters. The van der Waals surface area contributed by atoms with Crippen LogP contribution < -0.4 is 15.6 Å². The van der Waals surface area contributed by atoms with Crippen LogP contribution in [-0.4, -0.2) is 83.0 Å². The van der Waals surface area contributed by atoms with Gasteiger partial charge in [0.2, 0.25) is 6.10 Å². The minimum Gasteiger partial charge on any atom is -0.478 e. The second-order valence-corrected chi connectivity index (χ2v) is 11.8. The highest BCUT2D eigenvalue weighted by Crippen LogP contribution is 2.40. The van der Waals surface area contributed by atoms with Crippen molar-refractivity contribution in [3.8, 4) is 11.1 Å². The van der Waals surface area contributed by atoms with Crippen LogP contribution in [0.5, 0.6) is 0 Å². The lowest BCUT2D eigenvalue weighted by molar-refractivity contribution is -0.689. The standard InChI is InChI=1S/C24H21ClN8O7S2/c1-10(22(36)37)40-31-15(14-18(25)42-24(26)30-14)19(34)29-16-20(35)33-17(23(38)39)13(9-41-21(16)33)8-32-4-2-11(3-5-32)12-6-27-28-7-12/h2-7,10,16,21H,8-9H2,1H3,(H5,26,29,30,34,36,37,38,39)/p+1/t10-,16?,21?/m0/s1. The van der Waals surface area contributed by atoms with Crippen molar-refractivity contribution in [2.45, 2.75) is 31.0 Å². The lowest BCUT2D eigenvalue weighted by atomic mass is 10.0. The lowest BCUT2D eigenvalue weighted by Crippen LogP contribution is -2.71. The van der Waals surface area contributed by atoms with Crippen LogP contribution in [0.4, 0.5) is 5.13 Å². The molecule has 18 heteroatoms. The molecule has 1 fully saturated rings. The quantitative estimate of drug-likeness (QED) is 0.0905. The number of β-lactam (4-membered cyclic amide) rings is 1. The molecule has 0 radical (unpaired) electrons. The number of H-pyrrole nitrogens is 1. The fourth-order valence-corrected chi connectivity index (χ4v) is 6.49. The number of hydrogen-bond donors (Lipinski definition) is 5. The van der Waals surface area contributed by atoms with Crippen molar-refractivity contribution in [3.63, 3.8) is 0 Å². The fraction of sp³-hybridized carbons (Fsp3) is 0.250. The number of nitrogens with two attached hydrogens (primary N) is 1. The van der Waals surface area contributed by atoms with Gasteiger partial charge in [0, 0.05) is 35.2 Å². The van der Waals surface area contributed by atoms with E-state index in [1.165, 1.54) is 18.7 Å². The van der Waals surface area contributed by atoms with E-state index in [2.05, 4.69) is 25.7 Å². The van der Waals surface area contributed by atoms with E-state index in [0.29, 0.717) is 5.57 Å². The summed E-state index contributed by atoms with van der Waals surface area (Å²) in [6, 6.07) is 2.64. The Hall–Kier alpha value is -4.48. The Balaban J connectivity index is 1.34. The summed E-state index contributed by atoms with van der Waals surface area (Å²) in [5.41, 5.74) is 7.24. The molecule has 0 aliphatic carbocycles. The number of carboxylic acids is 2. The van der Waals surface area contributed by atoms with Crippen molar-refractivity contribution in [2.24, 2.45) is 5.16 Å².